The van der Waals surface area contributed by atoms with E-state index in [9.17, 15) is 0 Å². The Morgan fingerprint density at radius 3 is 2.19 bits per heavy atom. The molecule has 0 spiro atoms. The molecule has 0 bridgehead atoms. The Balaban J connectivity index is 2.83. The summed E-state index contributed by atoms with van der Waals surface area (Å²) in [4.78, 5) is 0. The van der Waals surface area contributed by atoms with Gasteiger partial charge in [-0.25, -0.2) is 0 Å². The lowest BCUT2D eigenvalue weighted by Gasteiger charge is -2.40. The molecule has 16 heavy (non-hydrogen) atoms. The van der Waals surface area contributed by atoms with Crippen molar-refractivity contribution in [1.29, 1.82) is 0 Å². The third kappa shape index (κ3) is 3.98. The van der Waals surface area contributed by atoms with Crippen LogP contribution in [0.2, 0.25) is 25.2 Å². The second kappa shape index (κ2) is 6.18. The first-order valence-corrected chi connectivity index (χ1v) is 11.5. The van der Waals surface area contributed by atoms with Crippen molar-refractivity contribution in [3.05, 3.63) is 0 Å². The van der Waals surface area contributed by atoms with Crippen molar-refractivity contribution in [3.8, 4) is 0 Å². The van der Waals surface area contributed by atoms with Crippen LogP contribution in [0.5, 0.6) is 0 Å². The smallest absolute Gasteiger partial charge is 0.0479 e. The predicted molar refractivity (Wildman–Crippen MR) is 85.3 cm³/mol. The molecule has 1 rings (SSSR count). The number of hydrogen-bond acceptors (Lipinski definition) is 1. The van der Waals surface area contributed by atoms with E-state index in [4.69, 9.17) is 0 Å². The van der Waals surface area contributed by atoms with Gasteiger partial charge in [0.25, 0.3) is 0 Å². The van der Waals surface area contributed by atoms with E-state index >= 15 is 0 Å². The Morgan fingerprint density at radius 2 is 1.69 bits per heavy atom. The fourth-order valence-electron chi connectivity index (χ4n) is 3.57. The summed E-state index contributed by atoms with van der Waals surface area (Å²) in [6.45, 7) is 15.0. The summed E-state index contributed by atoms with van der Waals surface area (Å²) >= 11 is 2.71. The zero-order chi connectivity index (χ0) is 12.3. The van der Waals surface area contributed by atoms with Gasteiger partial charge >= 0.3 is 0 Å². The van der Waals surface area contributed by atoms with Crippen LogP contribution in [-0.4, -0.2) is 25.1 Å². The van der Waals surface area contributed by atoms with Gasteiger partial charge in [0, 0.05) is 12.0 Å². The molecule has 0 radical (unpaired) electrons. The van der Waals surface area contributed by atoms with Gasteiger partial charge in [-0.05, 0) is 43.3 Å². The maximum atomic E-state index is 3.56. The lowest BCUT2D eigenvalue weighted by molar-refractivity contribution is 0.382. The lowest BCUT2D eigenvalue weighted by Crippen LogP contribution is -2.39. The number of rotatable bonds is 3. The van der Waals surface area contributed by atoms with E-state index in [2.05, 4.69) is 61.4 Å². The molecule has 1 nitrogen and oxygen atoms in total. The molecule has 1 aliphatic heterocycles. The summed E-state index contributed by atoms with van der Waals surface area (Å²) in [6, 6.07) is 0. The second-order valence-corrected chi connectivity index (χ2v) is 13.6. The van der Waals surface area contributed by atoms with E-state index < -0.39 is 8.07 Å². The second-order valence-electron chi connectivity index (χ2n) is 6.64. The van der Waals surface area contributed by atoms with Crippen LogP contribution < -0.4 is 5.32 Å². The molecule has 96 valence electrons. The summed E-state index contributed by atoms with van der Waals surface area (Å²) in [5.74, 6) is 1.80. The molecule has 0 aromatic rings. The molecule has 3 atom stereocenters. The summed E-state index contributed by atoms with van der Waals surface area (Å²) in [6.07, 6.45) is 2.75. The molecular weight excluding hydrogens is 325 g/mol. The van der Waals surface area contributed by atoms with E-state index in [-0.39, 0.29) is 0 Å². The van der Waals surface area contributed by atoms with Crippen molar-refractivity contribution in [2.75, 3.05) is 13.1 Å². The van der Waals surface area contributed by atoms with Gasteiger partial charge in [0.1, 0.15) is 0 Å². The molecule has 0 aromatic heterocycles. The standard InChI is InChI=1S/C13H28INSi/c1-10(2)13(16(3,4)5)11-6-8-15-9-7-12(11)14/h10-13,15H,6-9H2,1-5H3. The molecule has 1 heterocycles. The van der Waals surface area contributed by atoms with E-state index in [0.717, 1.165) is 21.3 Å². The van der Waals surface area contributed by atoms with Gasteiger partial charge in [0.2, 0.25) is 0 Å². The largest absolute Gasteiger partial charge is 0.317 e. The molecule has 1 fully saturated rings. The average Bonchev–Trinajstić information content (AvgIpc) is 2.29. The van der Waals surface area contributed by atoms with Crippen LogP contribution in [0.15, 0.2) is 0 Å². The first-order valence-electron chi connectivity index (χ1n) is 6.69. The van der Waals surface area contributed by atoms with Crippen molar-refractivity contribution in [3.63, 3.8) is 0 Å². The van der Waals surface area contributed by atoms with Crippen LogP contribution in [0, 0.1) is 11.8 Å². The summed E-state index contributed by atoms with van der Waals surface area (Å²) in [7, 11) is -1.03. The zero-order valence-electron chi connectivity index (χ0n) is 11.5. The van der Waals surface area contributed by atoms with Crippen LogP contribution in [0.3, 0.4) is 0 Å². The molecule has 3 heteroatoms. The molecular formula is C13H28INSi. The maximum Gasteiger partial charge on any atom is 0.0479 e. The summed E-state index contributed by atoms with van der Waals surface area (Å²) in [5.41, 5.74) is 0.981. The van der Waals surface area contributed by atoms with Gasteiger partial charge in [-0.3, -0.25) is 0 Å². The maximum absolute atomic E-state index is 3.56. The number of halogens is 1. The van der Waals surface area contributed by atoms with Crippen LogP contribution in [0.25, 0.3) is 0 Å². The molecule has 1 aliphatic rings. The first kappa shape index (κ1) is 15.0. The zero-order valence-corrected chi connectivity index (χ0v) is 14.7. The quantitative estimate of drug-likeness (QED) is 0.457. The van der Waals surface area contributed by atoms with Crippen molar-refractivity contribution in [1.82, 2.24) is 5.32 Å². The Labute approximate surface area is 116 Å². The highest BCUT2D eigenvalue weighted by Crippen LogP contribution is 2.43. The van der Waals surface area contributed by atoms with Crippen LogP contribution >= 0.6 is 22.6 Å². The molecule has 1 N–H and O–H groups in total. The Bertz CT molecular complexity index is 212. The molecule has 0 saturated carbocycles. The molecule has 0 amide bonds. The fraction of sp³-hybridized carbons (Fsp3) is 1.00. The minimum atomic E-state index is -1.03. The van der Waals surface area contributed by atoms with Crippen molar-refractivity contribution in [2.24, 2.45) is 11.8 Å². The number of hydrogen-bond donors (Lipinski definition) is 1. The van der Waals surface area contributed by atoms with E-state index in [1.54, 1.807) is 0 Å². The van der Waals surface area contributed by atoms with Gasteiger partial charge in [0.15, 0.2) is 0 Å². The topological polar surface area (TPSA) is 12.0 Å². The van der Waals surface area contributed by atoms with Gasteiger partial charge in [-0.15, -0.1) is 0 Å². The minimum absolute atomic E-state index is 0.854. The highest BCUT2D eigenvalue weighted by molar-refractivity contribution is 14.1. The van der Waals surface area contributed by atoms with Gasteiger partial charge in [-0.2, -0.15) is 0 Å². The molecule has 1 saturated heterocycles. The van der Waals surface area contributed by atoms with E-state index in [1.807, 2.05) is 0 Å². The Morgan fingerprint density at radius 1 is 1.12 bits per heavy atom. The molecule has 0 aromatic carbocycles. The van der Waals surface area contributed by atoms with Crippen molar-refractivity contribution < 1.29 is 0 Å². The molecule has 0 aliphatic carbocycles. The first-order chi connectivity index (χ1) is 7.34. The van der Waals surface area contributed by atoms with Gasteiger partial charge < -0.3 is 5.32 Å². The van der Waals surface area contributed by atoms with Crippen molar-refractivity contribution in [2.45, 2.75) is 55.8 Å². The lowest BCUT2D eigenvalue weighted by atomic mass is 9.90. The Kier molecular flexibility index (Phi) is 5.78. The highest BCUT2D eigenvalue weighted by Gasteiger charge is 2.38. The van der Waals surface area contributed by atoms with Crippen molar-refractivity contribution >= 4 is 30.7 Å². The monoisotopic (exact) mass is 353 g/mol. The van der Waals surface area contributed by atoms with Crippen LogP contribution in [0.1, 0.15) is 26.7 Å². The summed E-state index contributed by atoms with van der Waals surface area (Å²) in [5, 5.41) is 3.56. The predicted octanol–water partition coefficient (Wildman–Crippen LogP) is 4.15. The SMILES string of the molecule is CC(C)C(C1CCNCCC1I)[Si](C)(C)C. The van der Waals surface area contributed by atoms with Gasteiger partial charge in [-0.1, -0.05) is 56.1 Å². The number of alkyl halides is 1. The molecule has 3 unspecified atom stereocenters. The van der Waals surface area contributed by atoms with Gasteiger partial charge in [0.05, 0.1) is 0 Å². The van der Waals surface area contributed by atoms with E-state index in [0.29, 0.717) is 0 Å². The Hall–Kier alpha value is 0.907. The third-order valence-electron chi connectivity index (χ3n) is 3.90. The highest BCUT2D eigenvalue weighted by atomic mass is 127. The van der Waals surface area contributed by atoms with E-state index in [1.165, 1.54) is 25.9 Å². The summed E-state index contributed by atoms with van der Waals surface area (Å²) < 4.78 is 0.881. The number of nitrogens with one attached hydrogen (secondary N) is 1. The fourth-order valence-corrected chi connectivity index (χ4v) is 8.76. The average molecular weight is 353 g/mol. The van der Waals surface area contributed by atoms with Crippen LogP contribution in [-0.2, 0) is 0 Å². The third-order valence-corrected chi connectivity index (χ3v) is 8.54. The normalized spacial score (nSPS) is 30.2. The minimum Gasteiger partial charge on any atom is -0.317 e. The van der Waals surface area contributed by atoms with Crippen LogP contribution in [0.4, 0.5) is 0 Å².